The summed E-state index contributed by atoms with van der Waals surface area (Å²) in [5, 5.41) is 3.32. The summed E-state index contributed by atoms with van der Waals surface area (Å²) >= 11 is 0. The van der Waals surface area contributed by atoms with E-state index in [1.54, 1.807) is 7.11 Å². The molecule has 112 valence electrons. The molecule has 1 aromatic rings. The molecule has 0 amide bonds. The summed E-state index contributed by atoms with van der Waals surface area (Å²) < 4.78 is 11.1. The van der Waals surface area contributed by atoms with Crippen LogP contribution in [0.4, 0.5) is 5.69 Å². The molecule has 1 saturated heterocycles. The second-order valence-electron chi connectivity index (χ2n) is 5.78. The Bertz CT molecular complexity index is 430. The molecule has 0 aromatic heterocycles. The Hall–Kier alpha value is -1.30. The summed E-state index contributed by atoms with van der Waals surface area (Å²) in [6.45, 7) is 7.89. The molecule has 0 bridgehead atoms. The first-order chi connectivity index (χ1) is 9.42. The standard InChI is InChI=1S/C15H23NO4/c1-10(2)13-18-14(15(3,4)20-19-13)16-11-6-8-12(17-5)9-7-11/h6-10,13-14,16H,1-5H3/t13-,14+/m0/s1. The third kappa shape index (κ3) is 3.42. The van der Waals surface area contributed by atoms with Gasteiger partial charge in [-0.25, -0.2) is 9.78 Å². The van der Waals surface area contributed by atoms with Crippen LogP contribution in [0.1, 0.15) is 27.7 Å². The van der Waals surface area contributed by atoms with E-state index in [1.165, 1.54) is 0 Å². The molecule has 0 radical (unpaired) electrons. The zero-order valence-corrected chi connectivity index (χ0v) is 12.7. The van der Waals surface area contributed by atoms with E-state index >= 15 is 0 Å². The van der Waals surface area contributed by atoms with Crippen LogP contribution in [-0.4, -0.2) is 25.2 Å². The van der Waals surface area contributed by atoms with Gasteiger partial charge in [0.2, 0.25) is 0 Å². The van der Waals surface area contributed by atoms with Crippen LogP contribution < -0.4 is 10.1 Å². The van der Waals surface area contributed by atoms with Gasteiger partial charge >= 0.3 is 0 Å². The quantitative estimate of drug-likeness (QED) is 0.859. The molecular weight excluding hydrogens is 258 g/mol. The predicted octanol–water partition coefficient (Wildman–Crippen LogP) is 3.17. The largest absolute Gasteiger partial charge is 0.497 e. The molecule has 2 rings (SSSR count). The first-order valence-electron chi connectivity index (χ1n) is 6.83. The van der Waals surface area contributed by atoms with E-state index in [2.05, 4.69) is 5.32 Å². The maximum absolute atomic E-state index is 5.93. The van der Waals surface area contributed by atoms with Crippen LogP contribution >= 0.6 is 0 Å². The number of benzene rings is 1. The van der Waals surface area contributed by atoms with Crippen molar-refractivity contribution in [2.75, 3.05) is 12.4 Å². The first-order valence-corrected chi connectivity index (χ1v) is 6.83. The lowest BCUT2D eigenvalue weighted by atomic mass is 10.1. The fraction of sp³-hybridized carbons (Fsp3) is 0.600. The molecule has 20 heavy (non-hydrogen) atoms. The van der Waals surface area contributed by atoms with E-state index in [0.717, 1.165) is 11.4 Å². The molecule has 0 aliphatic carbocycles. The summed E-state index contributed by atoms with van der Waals surface area (Å²) in [6, 6.07) is 7.68. The number of methoxy groups -OCH3 is 1. The highest BCUT2D eigenvalue weighted by Crippen LogP contribution is 2.30. The van der Waals surface area contributed by atoms with Gasteiger partial charge < -0.3 is 14.8 Å². The van der Waals surface area contributed by atoms with Crippen LogP contribution in [0.15, 0.2) is 24.3 Å². The topological polar surface area (TPSA) is 49.0 Å². The van der Waals surface area contributed by atoms with E-state index in [-0.39, 0.29) is 18.4 Å². The molecular formula is C15H23NO4. The van der Waals surface area contributed by atoms with E-state index in [1.807, 2.05) is 52.0 Å². The van der Waals surface area contributed by atoms with Gasteiger partial charge in [0, 0.05) is 11.6 Å². The fourth-order valence-electron chi connectivity index (χ4n) is 1.85. The predicted molar refractivity (Wildman–Crippen MR) is 76.4 cm³/mol. The molecule has 5 nitrogen and oxygen atoms in total. The molecule has 1 heterocycles. The van der Waals surface area contributed by atoms with E-state index in [9.17, 15) is 0 Å². The van der Waals surface area contributed by atoms with E-state index in [4.69, 9.17) is 19.2 Å². The van der Waals surface area contributed by atoms with Crippen molar-refractivity contribution in [1.82, 2.24) is 0 Å². The van der Waals surface area contributed by atoms with Gasteiger partial charge in [0.1, 0.15) is 11.4 Å². The van der Waals surface area contributed by atoms with Gasteiger partial charge in [-0.3, -0.25) is 0 Å². The normalized spacial score (nSPS) is 25.5. The Morgan fingerprint density at radius 2 is 1.85 bits per heavy atom. The Balaban J connectivity index is 2.07. The molecule has 1 aliphatic rings. The highest BCUT2D eigenvalue weighted by atomic mass is 17.2. The average molecular weight is 281 g/mol. The van der Waals surface area contributed by atoms with Gasteiger partial charge in [-0.1, -0.05) is 13.8 Å². The maximum atomic E-state index is 5.93. The number of rotatable bonds is 4. The number of anilines is 1. The lowest BCUT2D eigenvalue weighted by molar-refractivity contribution is -0.485. The third-order valence-corrected chi connectivity index (χ3v) is 3.19. The smallest absolute Gasteiger partial charge is 0.196 e. The summed E-state index contributed by atoms with van der Waals surface area (Å²) in [4.78, 5) is 10.7. The minimum absolute atomic E-state index is 0.214. The molecule has 1 N–H and O–H groups in total. The van der Waals surface area contributed by atoms with Crippen LogP contribution in [-0.2, 0) is 14.5 Å². The van der Waals surface area contributed by atoms with E-state index in [0.29, 0.717) is 0 Å². The molecule has 0 unspecified atom stereocenters. The Morgan fingerprint density at radius 3 is 2.40 bits per heavy atom. The van der Waals surface area contributed by atoms with Crippen molar-refractivity contribution in [3.8, 4) is 5.75 Å². The van der Waals surface area contributed by atoms with Crippen molar-refractivity contribution in [3.05, 3.63) is 24.3 Å². The number of hydrogen-bond acceptors (Lipinski definition) is 5. The first kappa shape index (κ1) is 15.1. The molecule has 1 aromatic carbocycles. The maximum Gasteiger partial charge on any atom is 0.196 e. The second kappa shape index (κ2) is 5.99. The van der Waals surface area contributed by atoms with Crippen molar-refractivity contribution in [2.45, 2.75) is 45.8 Å². The molecule has 0 saturated carbocycles. The van der Waals surface area contributed by atoms with Gasteiger partial charge in [0.25, 0.3) is 0 Å². The highest BCUT2D eigenvalue weighted by molar-refractivity contribution is 5.47. The second-order valence-corrected chi connectivity index (χ2v) is 5.78. The third-order valence-electron chi connectivity index (χ3n) is 3.19. The highest BCUT2D eigenvalue weighted by Gasteiger charge is 2.41. The summed E-state index contributed by atoms with van der Waals surface area (Å²) in [6.07, 6.45) is -0.671. The van der Waals surface area contributed by atoms with Crippen molar-refractivity contribution < 1.29 is 19.2 Å². The Kier molecular flexibility index (Phi) is 4.52. The molecule has 1 aliphatic heterocycles. The van der Waals surface area contributed by atoms with Gasteiger partial charge in [-0.15, -0.1) is 0 Å². The number of hydrogen-bond donors (Lipinski definition) is 1. The zero-order chi connectivity index (χ0) is 14.8. The summed E-state index contributed by atoms with van der Waals surface area (Å²) in [5.74, 6) is 1.03. The minimum atomic E-state index is -0.578. The number of ether oxygens (including phenoxy) is 2. The van der Waals surface area contributed by atoms with Crippen LogP contribution in [0.5, 0.6) is 5.75 Å². The summed E-state index contributed by atoms with van der Waals surface area (Å²) in [5.41, 5.74) is 0.363. The van der Waals surface area contributed by atoms with Crippen LogP contribution in [0.2, 0.25) is 0 Å². The molecule has 1 fully saturated rings. The van der Waals surface area contributed by atoms with Crippen LogP contribution in [0.3, 0.4) is 0 Å². The van der Waals surface area contributed by atoms with Crippen LogP contribution in [0, 0.1) is 5.92 Å². The van der Waals surface area contributed by atoms with Crippen molar-refractivity contribution >= 4 is 5.69 Å². The van der Waals surface area contributed by atoms with Gasteiger partial charge in [0.15, 0.2) is 12.5 Å². The number of nitrogens with one attached hydrogen (secondary N) is 1. The minimum Gasteiger partial charge on any atom is -0.497 e. The molecule has 2 atom stereocenters. The molecule has 5 heteroatoms. The van der Waals surface area contributed by atoms with Crippen molar-refractivity contribution in [3.63, 3.8) is 0 Å². The molecule has 0 spiro atoms. The van der Waals surface area contributed by atoms with Crippen LogP contribution in [0.25, 0.3) is 0 Å². The fourth-order valence-corrected chi connectivity index (χ4v) is 1.85. The van der Waals surface area contributed by atoms with Crippen molar-refractivity contribution in [1.29, 1.82) is 0 Å². The van der Waals surface area contributed by atoms with Gasteiger partial charge in [-0.05, 0) is 38.1 Å². The monoisotopic (exact) mass is 281 g/mol. The van der Waals surface area contributed by atoms with Gasteiger partial charge in [0.05, 0.1) is 7.11 Å². The van der Waals surface area contributed by atoms with E-state index < -0.39 is 5.60 Å². The Labute approximate surface area is 120 Å². The van der Waals surface area contributed by atoms with Gasteiger partial charge in [-0.2, -0.15) is 0 Å². The summed E-state index contributed by atoms with van der Waals surface area (Å²) in [7, 11) is 1.65. The lowest BCUT2D eigenvalue weighted by Crippen LogP contribution is -2.54. The average Bonchev–Trinajstić information content (AvgIpc) is 2.41. The lowest BCUT2D eigenvalue weighted by Gasteiger charge is -2.42. The zero-order valence-electron chi connectivity index (χ0n) is 12.7. The van der Waals surface area contributed by atoms with Crippen molar-refractivity contribution in [2.24, 2.45) is 5.92 Å². The Morgan fingerprint density at radius 1 is 1.20 bits per heavy atom. The SMILES string of the molecule is COc1ccc(N[C@@H]2O[C@H](C(C)C)OOC2(C)C)cc1.